The van der Waals surface area contributed by atoms with Gasteiger partial charge in [0.15, 0.2) is 0 Å². The first-order chi connectivity index (χ1) is 11.0. The van der Waals surface area contributed by atoms with E-state index in [0.717, 1.165) is 17.0 Å². The number of carbonyl (C=O) groups is 1. The first-order valence-corrected chi connectivity index (χ1v) is 7.61. The van der Waals surface area contributed by atoms with Crippen LogP contribution in [0, 0.1) is 13.8 Å². The van der Waals surface area contributed by atoms with Crippen LogP contribution in [0.4, 0.5) is 5.69 Å². The molecule has 120 valence electrons. The summed E-state index contributed by atoms with van der Waals surface area (Å²) in [7, 11) is 0. The molecule has 0 radical (unpaired) electrons. The molecule has 0 aliphatic carbocycles. The van der Waals surface area contributed by atoms with Crippen LogP contribution in [-0.4, -0.2) is 40.5 Å². The molecule has 1 aliphatic rings. The van der Waals surface area contributed by atoms with Crippen molar-refractivity contribution in [3.63, 3.8) is 0 Å². The number of amides is 1. The largest absolute Gasteiger partial charge is 0.399 e. The molecular formula is C17H20N4O2. The second-order valence-electron chi connectivity index (χ2n) is 5.75. The Morgan fingerprint density at radius 3 is 2.96 bits per heavy atom. The lowest BCUT2D eigenvalue weighted by Crippen LogP contribution is -2.43. The molecule has 3 rings (SSSR count). The highest BCUT2D eigenvalue weighted by Gasteiger charge is 2.28. The number of aromatic nitrogens is 2. The Bertz CT molecular complexity index is 712. The molecule has 6 heteroatoms. The number of hydrogen-bond acceptors (Lipinski definition) is 5. The maximum absolute atomic E-state index is 12.7. The molecule has 0 spiro atoms. The fourth-order valence-corrected chi connectivity index (χ4v) is 2.76. The molecule has 1 atom stereocenters. The second kappa shape index (κ2) is 6.34. The van der Waals surface area contributed by atoms with Gasteiger partial charge < -0.3 is 15.4 Å². The van der Waals surface area contributed by atoms with Gasteiger partial charge in [-0.25, -0.2) is 0 Å². The summed E-state index contributed by atoms with van der Waals surface area (Å²) in [4.78, 5) is 23.2. The fraction of sp³-hybridized carbons (Fsp3) is 0.353. The minimum absolute atomic E-state index is 0.0722. The Morgan fingerprint density at radius 1 is 1.39 bits per heavy atom. The Morgan fingerprint density at radius 2 is 2.22 bits per heavy atom. The zero-order chi connectivity index (χ0) is 16.4. The summed E-state index contributed by atoms with van der Waals surface area (Å²) in [5.41, 5.74) is 9.50. The molecule has 23 heavy (non-hydrogen) atoms. The molecule has 3 heterocycles. The number of rotatable bonds is 2. The van der Waals surface area contributed by atoms with Crippen LogP contribution in [0.5, 0.6) is 0 Å². The molecule has 2 aromatic rings. The summed E-state index contributed by atoms with van der Waals surface area (Å²) in [6, 6.07) is 7.33. The Balaban J connectivity index is 1.81. The summed E-state index contributed by atoms with van der Waals surface area (Å²) in [6.07, 6.45) is 1.37. The number of ether oxygens (including phenoxy) is 1. The van der Waals surface area contributed by atoms with Gasteiger partial charge in [0.05, 0.1) is 18.8 Å². The van der Waals surface area contributed by atoms with Crippen molar-refractivity contribution in [3.8, 4) is 0 Å². The number of nitrogen functional groups attached to an aromatic ring is 1. The van der Waals surface area contributed by atoms with Gasteiger partial charge in [-0.15, -0.1) is 0 Å². The van der Waals surface area contributed by atoms with E-state index in [0.29, 0.717) is 31.1 Å². The van der Waals surface area contributed by atoms with Crippen molar-refractivity contribution in [3.05, 3.63) is 53.1 Å². The normalized spacial score (nSPS) is 18.0. The number of aryl methyl sites for hydroxylation is 2. The average molecular weight is 312 g/mol. The van der Waals surface area contributed by atoms with E-state index in [9.17, 15) is 4.79 Å². The lowest BCUT2D eigenvalue weighted by molar-refractivity contribution is -0.0249. The minimum atomic E-state index is -0.265. The summed E-state index contributed by atoms with van der Waals surface area (Å²) in [5.74, 6) is -0.0722. The standard InChI is InChI=1S/C17H20N4O2/c1-11-4-3-5-19-16(11)17(22)21-6-7-23-15(10-21)14-9-13(18)8-12(2)20-14/h3-5,8-9,15H,6-7,10H2,1-2H3,(H2,18,20). The van der Waals surface area contributed by atoms with Crippen LogP contribution in [0.25, 0.3) is 0 Å². The van der Waals surface area contributed by atoms with Crippen LogP contribution >= 0.6 is 0 Å². The minimum Gasteiger partial charge on any atom is -0.399 e. The van der Waals surface area contributed by atoms with Crippen molar-refractivity contribution in [2.24, 2.45) is 0 Å². The molecule has 1 unspecified atom stereocenters. The van der Waals surface area contributed by atoms with Gasteiger partial charge in [-0.2, -0.15) is 0 Å². The Labute approximate surface area is 135 Å². The highest BCUT2D eigenvalue weighted by atomic mass is 16.5. The number of nitrogens with zero attached hydrogens (tertiary/aromatic N) is 3. The number of carbonyl (C=O) groups excluding carboxylic acids is 1. The molecule has 1 aliphatic heterocycles. The lowest BCUT2D eigenvalue weighted by atomic mass is 10.1. The van der Waals surface area contributed by atoms with Crippen molar-refractivity contribution >= 4 is 11.6 Å². The maximum atomic E-state index is 12.7. The summed E-state index contributed by atoms with van der Waals surface area (Å²) in [5, 5.41) is 0. The third-order valence-corrected chi connectivity index (χ3v) is 3.89. The smallest absolute Gasteiger partial charge is 0.272 e. The zero-order valence-corrected chi connectivity index (χ0v) is 13.3. The van der Waals surface area contributed by atoms with Gasteiger partial charge >= 0.3 is 0 Å². The fourth-order valence-electron chi connectivity index (χ4n) is 2.76. The third kappa shape index (κ3) is 3.32. The second-order valence-corrected chi connectivity index (χ2v) is 5.75. The molecular weight excluding hydrogens is 292 g/mol. The summed E-state index contributed by atoms with van der Waals surface area (Å²) < 4.78 is 5.79. The molecule has 0 bridgehead atoms. The Kier molecular flexibility index (Phi) is 4.25. The monoisotopic (exact) mass is 312 g/mol. The topological polar surface area (TPSA) is 81.3 Å². The lowest BCUT2D eigenvalue weighted by Gasteiger charge is -2.32. The van der Waals surface area contributed by atoms with Crippen molar-refractivity contribution in [1.29, 1.82) is 0 Å². The predicted octanol–water partition coefficient (Wildman–Crippen LogP) is 1.89. The van der Waals surface area contributed by atoms with Gasteiger partial charge in [0, 0.05) is 24.1 Å². The number of anilines is 1. The predicted molar refractivity (Wildman–Crippen MR) is 87.0 cm³/mol. The van der Waals surface area contributed by atoms with E-state index in [1.807, 2.05) is 32.0 Å². The van der Waals surface area contributed by atoms with Crippen molar-refractivity contribution < 1.29 is 9.53 Å². The van der Waals surface area contributed by atoms with Crippen LogP contribution in [0.1, 0.15) is 33.5 Å². The number of morpholine rings is 1. The van der Waals surface area contributed by atoms with Crippen LogP contribution in [0.2, 0.25) is 0 Å². The van der Waals surface area contributed by atoms with Crippen LogP contribution in [-0.2, 0) is 4.74 Å². The molecule has 0 saturated carbocycles. The van der Waals surface area contributed by atoms with E-state index < -0.39 is 0 Å². The van der Waals surface area contributed by atoms with E-state index >= 15 is 0 Å². The highest BCUT2D eigenvalue weighted by molar-refractivity contribution is 5.93. The van der Waals surface area contributed by atoms with Gasteiger partial charge in [0.25, 0.3) is 5.91 Å². The first kappa shape index (κ1) is 15.4. The van der Waals surface area contributed by atoms with Gasteiger partial charge in [-0.3, -0.25) is 14.8 Å². The number of pyridine rings is 2. The quantitative estimate of drug-likeness (QED) is 0.916. The zero-order valence-electron chi connectivity index (χ0n) is 13.3. The van der Waals surface area contributed by atoms with Gasteiger partial charge in [-0.1, -0.05) is 6.07 Å². The summed E-state index contributed by atoms with van der Waals surface area (Å²) >= 11 is 0. The van der Waals surface area contributed by atoms with Gasteiger partial charge in [0.2, 0.25) is 0 Å². The SMILES string of the molecule is Cc1cc(N)cc(C2CN(C(=O)c3ncccc3C)CCO2)n1. The van der Waals surface area contributed by atoms with E-state index in [1.165, 1.54) is 0 Å². The first-order valence-electron chi connectivity index (χ1n) is 7.61. The molecule has 2 aromatic heterocycles. The average Bonchev–Trinajstić information content (AvgIpc) is 2.54. The maximum Gasteiger partial charge on any atom is 0.272 e. The molecule has 0 aromatic carbocycles. The molecule has 2 N–H and O–H groups in total. The van der Waals surface area contributed by atoms with Gasteiger partial charge in [0.1, 0.15) is 11.8 Å². The van der Waals surface area contributed by atoms with Crippen molar-refractivity contribution in [2.45, 2.75) is 20.0 Å². The highest BCUT2D eigenvalue weighted by Crippen LogP contribution is 2.24. The van der Waals surface area contributed by atoms with Crippen LogP contribution in [0.15, 0.2) is 30.5 Å². The summed E-state index contributed by atoms with van der Waals surface area (Å²) in [6.45, 7) is 5.25. The van der Waals surface area contributed by atoms with Crippen molar-refractivity contribution in [2.75, 3.05) is 25.4 Å². The Hall–Kier alpha value is -2.47. The van der Waals surface area contributed by atoms with E-state index in [-0.39, 0.29) is 12.0 Å². The van der Waals surface area contributed by atoms with Crippen molar-refractivity contribution in [1.82, 2.24) is 14.9 Å². The number of hydrogen-bond donors (Lipinski definition) is 1. The molecule has 1 saturated heterocycles. The van der Waals surface area contributed by atoms with Crippen LogP contribution < -0.4 is 5.73 Å². The molecule has 6 nitrogen and oxygen atoms in total. The van der Waals surface area contributed by atoms with Crippen LogP contribution in [0.3, 0.4) is 0 Å². The van der Waals surface area contributed by atoms with E-state index in [1.54, 1.807) is 17.2 Å². The molecule has 1 fully saturated rings. The van der Waals surface area contributed by atoms with E-state index in [2.05, 4.69) is 9.97 Å². The van der Waals surface area contributed by atoms with Gasteiger partial charge in [-0.05, 0) is 37.6 Å². The number of nitrogens with two attached hydrogens (primary N) is 1. The van der Waals surface area contributed by atoms with E-state index in [4.69, 9.17) is 10.5 Å². The molecule has 1 amide bonds. The third-order valence-electron chi connectivity index (χ3n) is 3.89.